The molecule has 0 aromatic rings. The molecule has 16 heavy (non-hydrogen) atoms. The van der Waals surface area contributed by atoms with E-state index in [0.717, 1.165) is 22.7 Å². The molecule has 0 atom stereocenters. The fraction of sp³-hybridized carbons (Fsp3) is 0.250. The van der Waals surface area contributed by atoms with Crippen molar-refractivity contribution in [3.05, 3.63) is 11.0 Å². The number of carboxylic acids is 2. The maximum absolute atomic E-state index is 11.6. The van der Waals surface area contributed by atoms with Crippen molar-refractivity contribution in [3.8, 4) is 0 Å². The third-order valence-electron chi connectivity index (χ3n) is 1.68. The van der Waals surface area contributed by atoms with Gasteiger partial charge in [-0.15, -0.1) is 0 Å². The van der Waals surface area contributed by atoms with Crippen molar-refractivity contribution in [2.45, 2.75) is 6.42 Å². The number of rotatable bonds is 4. The van der Waals surface area contributed by atoms with Gasteiger partial charge in [-0.05, 0) is 0 Å². The first kappa shape index (κ1) is 12.7. The minimum atomic E-state index is -1.24. The summed E-state index contributed by atoms with van der Waals surface area (Å²) in [5.41, 5.74) is 0. The molecule has 1 aliphatic heterocycles. The van der Waals surface area contributed by atoms with Gasteiger partial charge in [0, 0.05) is 12.6 Å². The smallest absolute Gasteiger partial charge is 0.329 e. The number of hydrogen-bond acceptors (Lipinski definition) is 5. The first-order valence-corrected chi connectivity index (χ1v) is 5.34. The normalized spacial score (nSPS) is 18.2. The summed E-state index contributed by atoms with van der Waals surface area (Å²) >= 11 is 5.70. The van der Waals surface area contributed by atoms with Gasteiger partial charge in [0.05, 0.1) is 11.3 Å². The molecule has 1 saturated heterocycles. The highest BCUT2D eigenvalue weighted by molar-refractivity contribution is 8.26. The van der Waals surface area contributed by atoms with Gasteiger partial charge < -0.3 is 10.2 Å². The summed E-state index contributed by atoms with van der Waals surface area (Å²) in [5, 5.41) is 16.9. The molecular formula is C8H7NO5S2. The summed E-state index contributed by atoms with van der Waals surface area (Å²) in [7, 11) is 0. The number of nitrogens with zero attached hydrogens (tertiary/aromatic N) is 1. The molecule has 1 fully saturated rings. The molecule has 1 rings (SSSR count). The van der Waals surface area contributed by atoms with Crippen LogP contribution in [0.5, 0.6) is 0 Å². The van der Waals surface area contributed by atoms with Crippen LogP contribution in [-0.4, -0.2) is 43.8 Å². The lowest BCUT2D eigenvalue weighted by molar-refractivity contribution is -0.137. The van der Waals surface area contributed by atoms with E-state index in [1.54, 1.807) is 0 Å². The Kier molecular flexibility index (Phi) is 4.02. The second-order valence-electron chi connectivity index (χ2n) is 2.82. The van der Waals surface area contributed by atoms with Crippen LogP contribution in [0.1, 0.15) is 6.42 Å². The maximum atomic E-state index is 11.6. The van der Waals surface area contributed by atoms with E-state index < -0.39 is 17.8 Å². The van der Waals surface area contributed by atoms with E-state index in [2.05, 4.69) is 0 Å². The molecule has 0 unspecified atom stereocenters. The van der Waals surface area contributed by atoms with Gasteiger partial charge >= 0.3 is 11.9 Å². The third-order valence-corrected chi connectivity index (χ3v) is 3.06. The van der Waals surface area contributed by atoms with E-state index in [0.29, 0.717) is 0 Å². The molecular weight excluding hydrogens is 254 g/mol. The first-order valence-electron chi connectivity index (χ1n) is 4.12. The molecule has 0 spiro atoms. The zero-order valence-corrected chi connectivity index (χ0v) is 9.51. The van der Waals surface area contributed by atoms with E-state index in [9.17, 15) is 14.4 Å². The van der Waals surface area contributed by atoms with Crippen LogP contribution in [0, 0.1) is 0 Å². The fourth-order valence-corrected chi connectivity index (χ4v) is 2.29. The van der Waals surface area contributed by atoms with Crippen LogP contribution in [0.2, 0.25) is 0 Å². The second kappa shape index (κ2) is 5.08. The molecule has 0 aromatic carbocycles. The summed E-state index contributed by atoms with van der Waals surface area (Å²) < 4.78 is 0.179. The van der Waals surface area contributed by atoms with Gasteiger partial charge in [-0.2, -0.15) is 0 Å². The van der Waals surface area contributed by atoms with E-state index in [4.69, 9.17) is 22.4 Å². The van der Waals surface area contributed by atoms with Crippen LogP contribution >= 0.6 is 24.0 Å². The quantitative estimate of drug-likeness (QED) is 0.554. The number of carboxylic acid groups (broad SMARTS) is 2. The van der Waals surface area contributed by atoms with Gasteiger partial charge in [0.1, 0.15) is 4.32 Å². The van der Waals surface area contributed by atoms with Crippen LogP contribution in [0.4, 0.5) is 0 Å². The van der Waals surface area contributed by atoms with Crippen molar-refractivity contribution >= 4 is 46.1 Å². The largest absolute Gasteiger partial charge is 0.481 e. The van der Waals surface area contributed by atoms with Gasteiger partial charge in [0.25, 0.3) is 5.91 Å². The standard InChI is InChI=1S/C8H7NO5S2/c10-5(11)1-2-9-7(14)4(3-6(12)13)16-8(9)15/h3H,1-2H2,(H,10,11)(H,12,13)/b4-3+. The molecule has 8 heteroatoms. The Bertz CT molecular complexity index is 403. The van der Waals surface area contributed by atoms with E-state index in [1.165, 1.54) is 0 Å². The molecule has 0 saturated carbocycles. The molecule has 2 N–H and O–H groups in total. The van der Waals surface area contributed by atoms with Gasteiger partial charge in [0.15, 0.2) is 0 Å². The molecule has 6 nitrogen and oxygen atoms in total. The van der Waals surface area contributed by atoms with Gasteiger partial charge in [-0.25, -0.2) is 4.79 Å². The summed E-state index contributed by atoms with van der Waals surface area (Å²) in [6, 6.07) is 0. The van der Waals surface area contributed by atoms with Crippen LogP contribution in [0.15, 0.2) is 11.0 Å². The number of amides is 1. The van der Waals surface area contributed by atoms with Crippen molar-refractivity contribution in [3.63, 3.8) is 0 Å². The molecule has 1 amide bonds. The summed E-state index contributed by atoms with van der Waals surface area (Å²) in [6.07, 6.45) is 0.535. The summed E-state index contributed by atoms with van der Waals surface area (Å²) in [6.45, 7) is -0.0447. The van der Waals surface area contributed by atoms with Crippen molar-refractivity contribution in [1.29, 1.82) is 0 Å². The highest BCUT2D eigenvalue weighted by atomic mass is 32.2. The Morgan fingerprint density at radius 1 is 1.44 bits per heavy atom. The van der Waals surface area contributed by atoms with Gasteiger partial charge in [-0.1, -0.05) is 24.0 Å². The molecule has 0 bridgehead atoms. The zero-order valence-electron chi connectivity index (χ0n) is 7.87. The zero-order chi connectivity index (χ0) is 12.3. The molecule has 0 radical (unpaired) electrons. The second-order valence-corrected chi connectivity index (χ2v) is 4.49. The fourth-order valence-electron chi connectivity index (χ4n) is 1.01. The average Bonchev–Trinajstić information content (AvgIpc) is 2.39. The van der Waals surface area contributed by atoms with Crippen molar-refractivity contribution < 1.29 is 24.6 Å². The van der Waals surface area contributed by atoms with Crippen LogP contribution in [0.25, 0.3) is 0 Å². The number of thioether (sulfide) groups is 1. The monoisotopic (exact) mass is 261 g/mol. The number of aliphatic carboxylic acids is 2. The highest BCUT2D eigenvalue weighted by Gasteiger charge is 2.32. The predicted octanol–water partition coefficient (Wildman–Crippen LogP) is 0.290. The maximum Gasteiger partial charge on any atom is 0.329 e. The summed E-state index contributed by atoms with van der Waals surface area (Å²) in [5.74, 6) is -2.84. The van der Waals surface area contributed by atoms with Crippen molar-refractivity contribution in [2.24, 2.45) is 0 Å². The lowest BCUT2D eigenvalue weighted by atomic mass is 10.3. The van der Waals surface area contributed by atoms with E-state index in [1.807, 2.05) is 0 Å². The average molecular weight is 261 g/mol. The molecule has 1 aliphatic rings. The number of carbonyl (C=O) groups is 3. The summed E-state index contributed by atoms with van der Waals surface area (Å²) in [4.78, 5) is 33.4. The molecule has 1 heterocycles. The number of carbonyl (C=O) groups excluding carboxylic acids is 1. The third kappa shape index (κ3) is 3.04. The predicted molar refractivity (Wildman–Crippen MR) is 59.9 cm³/mol. The van der Waals surface area contributed by atoms with Crippen LogP contribution in [-0.2, 0) is 14.4 Å². The minimum absolute atomic E-state index is 0.00267. The van der Waals surface area contributed by atoms with E-state index in [-0.39, 0.29) is 22.2 Å². The number of thiocarbonyl (C=S) groups is 1. The first-order chi connectivity index (χ1) is 7.41. The Balaban J connectivity index is 2.75. The van der Waals surface area contributed by atoms with Crippen LogP contribution in [0.3, 0.4) is 0 Å². The van der Waals surface area contributed by atoms with Crippen molar-refractivity contribution in [1.82, 2.24) is 4.90 Å². The Labute approximate surface area is 99.9 Å². The number of hydrogen-bond donors (Lipinski definition) is 2. The lowest BCUT2D eigenvalue weighted by Crippen LogP contribution is -2.30. The SMILES string of the molecule is O=C(O)/C=C1/SC(=S)N(CCC(=O)O)C1=O. The molecule has 86 valence electrons. The van der Waals surface area contributed by atoms with Crippen LogP contribution < -0.4 is 0 Å². The molecule has 0 aromatic heterocycles. The lowest BCUT2D eigenvalue weighted by Gasteiger charge is -2.11. The van der Waals surface area contributed by atoms with Gasteiger partial charge in [-0.3, -0.25) is 14.5 Å². The minimum Gasteiger partial charge on any atom is -0.481 e. The molecule has 0 aliphatic carbocycles. The highest BCUT2D eigenvalue weighted by Crippen LogP contribution is 2.30. The van der Waals surface area contributed by atoms with Crippen molar-refractivity contribution in [2.75, 3.05) is 6.54 Å². The van der Waals surface area contributed by atoms with Gasteiger partial charge in [0.2, 0.25) is 0 Å². The Hall–Kier alpha value is -1.41. The Morgan fingerprint density at radius 2 is 2.06 bits per heavy atom. The Morgan fingerprint density at radius 3 is 2.56 bits per heavy atom. The van der Waals surface area contributed by atoms with E-state index >= 15 is 0 Å². The topological polar surface area (TPSA) is 94.9 Å².